The number of phenolic OH excluding ortho intramolecular Hbond substituents is 1. The molecule has 0 aromatic heterocycles. The molecule has 0 radical (unpaired) electrons. The predicted octanol–water partition coefficient (Wildman–Crippen LogP) is 5.87. The van der Waals surface area contributed by atoms with Crippen LogP contribution in [0.15, 0.2) is 36.4 Å². The Kier molecular flexibility index (Phi) is 8.02. The first-order valence-electron chi connectivity index (χ1n) is 11.6. The van der Waals surface area contributed by atoms with Gasteiger partial charge in [0.05, 0.1) is 20.1 Å². The van der Waals surface area contributed by atoms with E-state index in [2.05, 4.69) is 0 Å². The Bertz CT molecular complexity index is 1080. The van der Waals surface area contributed by atoms with Crippen LogP contribution in [0.2, 0.25) is 0 Å². The van der Waals surface area contributed by atoms with Crippen LogP contribution in [-0.2, 0) is 9.59 Å². The number of carbonyl (C=O) groups is 2. The molecule has 6 nitrogen and oxygen atoms in total. The van der Waals surface area contributed by atoms with Crippen LogP contribution in [0.25, 0.3) is 6.08 Å². The minimum atomic E-state index is -0.591. The lowest BCUT2D eigenvalue weighted by atomic mass is 9.84. The van der Waals surface area contributed by atoms with Crippen molar-refractivity contribution in [3.05, 3.63) is 53.1 Å². The van der Waals surface area contributed by atoms with Crippen LogP contribution in [0.1, 0.15) is 69.2 Å². The minimum Gasteiger partial charge on any atom is -0.504 e. The zero-order valence-corrected chi connectivity index (χ0v) is 20.8. The predicted molar refractivity (Wildman–Crippen MR) is 132 cm³/mol. The van der Waals surface area contributed by atoms with Gasteiger partial charge in [0.2, 0.25) is 0 Å². The molecule has 6 heteroatoms. The molecule has 2 atom stereocenters. The van der Waals surface area contributed by atoms with Gasteiger partial charge in [-0.25, -0.2) is 0 Å². The highest BCUT2D eigenvalue weighted by molar-refractivity contribution is 5.94. The summed E-state index contributed by atoms with van der Waals surface area (Å²) in [6.45, 7) is 8.02. The minimum absolute atomic E-state index is 0.0166. The molecule has 0 spiro atoms. The second-order valence-corrected chi connectivity index (χ2v) is 9.55. The SMILES string of the molecule is COc1cc([C@H]2Oc3c(OC)cc(/C=C/C(=O)CC(C)C)cc3[C@@H]2C(=O)CC(C)C)ccc1O. The van der Waals surface area contributed by atoms with E-state index in [9.17, 15) is 14.7 Å². The first-order chi connectivity index (χ1) is 16.1. The number of hydrogen-bond acceptors (Lipinski definition) is 6. The van der Waals surface area contributed by atoms with E-state index in [1.54, 1.807) is 31.4 Å². The van der Waals surface area contributed by atoms with Crippen LogP contribution in [0.5, 0.6) is 23.0 Å². The molecule has 2 aromatic rings. The number of carbonyl (C=O) groups excluding carboxylic acids is 2. The summed E-state index contributed by atoms with van der Waals surface area (Å²) < 4.78 is 17.2. The quantitative estimate of drug-likeness (QED) is 0.441. The molecule has 1 heterocycles. The number of aromatic hydroxyl groups is 1. The van der Waals surface area contributed by atoms with Crippen molar-refractivity contribution in [2.24, 2.45) is 11.8 Å². The van der Waals surface area contributed by atoms with Gasteiger partial charge in [0.1, 0.15) is 11.9 Å². The number of rotatable bonds is 10. The Morgan fingerprint density at radius 2 is 1.68 bits per heavy atom. The van der Waals surface area contributed by atoms with E-state index in [-0.39, 0.29) is 29.2 Å². The Morgan fingerprint density at radius 1 is 1.00 bits per heavy atom. The summed E-state index contributed by atoms with van der Waals surface area (Å²) >= 11 is 0. The second-order valence-electron chi connectivity index (χ2n) is 9.55. The zero-order valence-electron chi connectivity index (χ0n) is 20.8. The molecule has 182 valence electrons. The van der Waals surface area contributed by atoms with E-state index in [1.807, 2.05) is 39.8 Å². The Morgan fingerprint density at radius 3 is 2.29 bits per heavy atom. The van der Waals surface area contributed by atoms with Gasteiger partial charge in [0.15, 0.2) is 28.8 Å². The van der Waals surface area contributed by atoms with E-state index in [0.717, 1.165) is 16.7 Å². The van der Waals surface area contributed by atoms with Crippen LogP contribution in [-0.4, -0.2) is 30.9 Å². The first-order valence-corrected chi connectivity index (χ1v) is 11.6. The van der Waals surface area contributed by atoms with Gasteiger partial charge in [-0.1, -0.05) is 39.8 Å². The average Bonchev–Trinajstić information content (AvgIpc) is 3.16. The van der Waals surface area contributed by atoms with Crippen molar-refractivity contribution in [1.82, 2.24) is 0 Å². The van der Waals surface area contributed by atoms with E-state index < -0.39 is 12.0 Å². The number of benzene rings is 2. The molecule has 0 aliphatic carbocycles. The summed E-state index contributed by atoms with van der Waals surface area (Å²) in [5.41, 5.74) is 2.22. The van der Waals surface area contributed by atoms with Gasteiger partial charge in [-0.3, -0.25) is 9.59 Å². The summed E-state index contributed by atoms with van der Waals surface area (Å²) in [5, 5.41) is 10.0. The topological polar surface area (TPSA) is 82.1 Å². The van der Waals surface area contributed by atoms with E-state index >= 15 is 0 Å². The summed E-state index contributed by atoms with van der Waals surface area (Å²) in [6.07, 6.45) is 3.61. The van der Waals surface area contributed by atoms with Crippen LogP contribution < -0.4 is 14.2 Å². The van der Waals surface area contributed by atoms with Crippen molar-refractivity contribution in [2.75, 3.05) is 14.2 Å². The molecule has 3 rings (SSSR count). The maximum absolute atomic E-state index is 13.4. The number of ether oxygens (including phenoxy) is 3. The van der Waals surface area contributed by atoms with Crippen LogP contribution in [0, 0.1) is 11.8 Å². The monoisotopic (exact) mass is 466 g/mol. The fraction of sp³-hybridized carbons (Fsp3) is 0.429. The lowest BCUT2D eigenvalue weighted by molar-refractivity contribution is -0.122. The second kappa shape index (κ2) is 10.8. The van der Waals surface area contributed by atoms with E-state index in [4.69, 9.17) is 14.2 Å². The maximum atomic E-state index is 13.4. The number of hydrogen-bond donors (Lipinski definition) is 1. The summed E-state index contributed by atoms with van der Waals surface area (Å²) in [6, 6.07) is 8.68. The number of fused-ring (bicyclic) bond motifs is 1. The molecule has 0 saturated carbocycles. The standard InChI is InChI=1S/C28H34O6/c1-16(2)11-20(29)9-7-18-13-21-26(23(31)12-17(3)4)27(34-28(21)25(14-18)33-6)19-8-10-22(30)24(15-19)32-5/h7-10,13-17,26-27,30H,11-12H2,1-6H3/b9-7+/t26-,27-/m1/s1. The van der Waals surface area contributed by atoms with Crippen LogP contribution in [0.4, 0.5) is 0 Å². The highest BCUT2D eigenvalue weighted by Crippen LogP contribution is 2.52. The maximum Gasteiger partial charge on any atom is 0.166 e. The van der Waals surface area contributed by atoms with Crippen molar-refractivity contribution >= 4 is 17.6 Å². The number of allylic oxidation sites excluding steroid dienone is 1. The fourth-order valence-corrected chi connectivity index (χ4v) is 4.27. The molecule has 0 unspecified atom stereocenters. The smallest absolute Gasteiger partial charge is 0.166 e. The third kappa shape index (κ3) is 5.61. The Balaban J connectivity index is 2.07. The van der Waals surface area contributed by atoms with Crippen molar-refractivity contribution in [3.63, 3.8) is 0 Å². The van der Waals surface area contributed by atoms with Crippen molar-refractivity contribution in [1.29, 1.82) is 0 Å². The van der Waals surface area contributed by atoms with Gasteiger partial charge in [0.25, 0.3) is 0 Å². The summed E-state index contributed by atoms with van der Waals surface area (Å²) in [4.78, 5) is 25.7. The molecule has 1 aliphatic rings. The molecular weight excluding hydrogens is 432 g/mol. The van der Waals surface area contributed by atoms with Crippen molar-refractivity contribution < 1.29 is 28.9 Å². The highest BCUT2D eigenvalue weighted by atomic mass is 16.5. The van der Waals surface area contributed by atoms with Crippen molar-refractivity contribution in [2.45, 2.75) is 52.6 Å². The number of Topliss-reactive ketones (excluding diaryl/α,β-unsaturated/α-hetero) is 1. The number of ketones is 2. The Labute approximate surface area is 201 Å². The molecule has 0 fully saturated rings. The average molecular weight is 467 g/mol. The fourth-order valence-electron chi connectivity index (χ4n) is 4.27. The highest BCUT2D eigenvalue weighted by Gasteiger charge is 2.42. The third-order valence-corrected chi connectivity index (χ3v) is 5.77. The Hall–Kier alpha value is -3.28. The lowest BCUT2D eigenvalue weighted by Gasteiger charge is -2.20. The zero-order chi connectivity index (χ0) is 25.0. The molecule has 0 saturated heterocycles. The molecule has 2 aromatic carbocycles. The van der Waals surface area contributed by atoms with Gasteiger partial charge < -0.3 is 19.3 Å². The summed E-state index contributed by atoms with van der Waals surface area (Å²) in [7, 11) is 3.03. The lowest BCUT2D eigenvalue weighted by Crippen LogP contribution is -2.20. The molecule has 0 bridgehead atoms. The largest absolute Gasteiger partial charge is 0.504 e. The molecule has 0 amide bonds. The first kappa shape index (κ1) is 25.3. The molecule has 1 N–H and O–H groups in total. The van der Waals surface area contributed by atoms with Gasteiger partial charge >= 0.3 is 0 Å². The number of methoxy groups -OCH3 is 2. The molecule has 34 heavy (non-hydrogen) atoms. The van der Waals surface area contributed by atoms with Gasteiger partial charge in [-0.05, 0) is 53.3 Å². The molecular formula is C28H34O6. The number of phenols is 1. The third-order valence-electron chi connectivity index (χ3n) is 5.77. The van der Waals surface area contributed by atoms with E-state index in [1.165, 1.54) is 13.2 Å². The normalized spacial score (nSPS) is 17.2. The van der Waals surface area contributed by atoms with Crippen molar-refractivity contribution in [3.8, 4) is 23.0 Å². The van der Waals surface area contributed by atoms with Gasteiger partial charge in [0, 0.05) is 18.4 Å². The van der Waals surface area contributed by atoms with Gasteiger partial charge in [-0.15, -0.1) is 0 Å². The summed E-state index contributed by atoms with van der Waals surface area (Å²) in [5.74, 6) is 1.37. The molecule has 1 aliphatic heterocycles. The van der Waals surface area contributed by atoms with Crippen LogP contribution >= 0.6 is 0 Å². The van der Waals surface area contributed by atoms with E-state index in [0.29, 0.717) is 30.1 Å². The van der Waals surface area contributed by atoms with Gasteiger partial charge in [-0.2, -0.15) is 0 Å². The van der Waals surface area contributed by atoms with Crippen LogP contribution in [0.3, 0.4) is 0 Å².